The van der Waals surface area contributed by atoms with Gasteiger partial charge in [-0.05, 0) is 29.7 Å². The van der Waals surface area contributed by atoms with Crippen molar-refractivity contribution in [3.8, 4) is 0 Å². The quantitative estimate of drug-likeness (QED) is 0.772. The lowest BCUT2D eigenvalue weighted by Crippen LogP contribution is -2.24. The number of hydrogen-bond acceptors (Lipinski definition) is 4. The van der Waals surface area contributed by atoms with Crippen LogP contribution in [0.3, 0.4) is 0 Å². The summed E-state index contributed by atoms with van der Waals surface area (Å²) < 4.78 is 0. The van der Waals surface area contributed by atoms with Gasteiger partial charge in [0.15, 0.2) is 0 Å². The van der Waals surface area contributed by atoms with Gasteiger partial charge in [-0.2, -0.15) is 4.98 Å². The summed E-state index contributed by atoms with van der Waals surface area (Å²) in [5.41, 5.74) is 9.56. The van der Waals surface area contributed by atoms with Crippen molar-refractivity contribution in [1.29, 1.82) is 0 Å². The van der Waals surface area contributed by atoms with E-state index in [-0.39, 0.29) is 0 Å². The summed E-state index contributed by atoms with van der Waals surface area (Å²) >= 11 is 0. The smallest absolute Gasteiger partial charge is 0.222 e. The van der Waals surface area contributed by atoms with Crippen LogP contribution in [0.5, 0.6) is 0 Å². The molecule has 0 saturated carbocycles. The summed E-state index contributed by atoms with van der Waals surface area (Å²) in [4.78, 5) is 8.60. The number of fused-ring (bicyclic) bond motifs is 2. The molecule has 1 unspecified atom stereocenters. The molecule has 104 valence electrons. The van der Waals surface area contributed by atoms with Crippen LogP contribution in [-0.4, -0.2) is 16.5 Å². The highest BCUT2D eigenvalue weighted by Gasteiger charge is 2.25. The second-order valence-electron chi connectivity index (χ2n) is 5.43. The maximum Gasteiger partial charge on any atom is 0.222 e. The van der Waals surface area contributed by atoms with Gasteiger partial charge in [-0.1, -0.05) is 36.4 Å². The number of aromatic nitrogens is 2. The average Bonchev–Trinajstić information content (AvgIpc) is 2.48. The van der Waals surface area contributed by atoms with Crippen molar-refractivity contribution in [2.24, 2.45) is 0 Å². The first-order valence-corrected chi connectivity index (χ1v) is 7.15. The Kier molecular flexibility index (Phi) is 2.74. The van der Waals surface area contributed by atoms with Crippen molar-refractivity contribution in [1.82, 2.24) is 9.97 Å². The van der Waals surface area contributed by atoms with Gasteiger partial charge in [0, 0.05) is 17.8 Å². The highest BCUT2D eigenvalue weighted by molar-refractivity contribution is 5.89. The van der Waals surface area contributed by atoms with Gasteiger partial charge in [0.2, 0.25) is 5.95 Å². The predicted molar refractivity (Wildman–Crippen MR) is 85.3 cm³/mol. The van der Waals surface area contributed by atoms with Crippen LogP contribution in [0, 0.1) is 0 Å². The minimum atomic E-state index is 0.310. The normalized spacial score (nSPS) is 16.3. The molecular weight excluding hydrogens is 260 g/mol. The van der Waals surface area contributed by atoms with Crippen LogP contribution in [0.1, 0.15) is 17.0 Å². The molecule has 1 aliphatic rings. The van der Waals surface area contributed by atoms with Gasteiger partial charge < -0.3 is 11.1 Å². The topological polar surface area (TPSA) is 63.8 Å². The Morgan fingerprint density at radius 2 is 1.86 bits per heavy atom. The lowest BCUT2D eigenvalue weighted by Gasteiger charge is -2.30. The maximum atomic E-state index is 5.79. The molecule has 4 nitrogen and oxygen atoms in total. The number of hydrogen-bond donors (Lipinski definition) is 2. The fourth-order valence-electron chi connectivity index (χ4n) is 2.99. The Labute approximate surface area is 123 Å². The molecule has 0 radical (unpaired) electrons. The molecular formula is C17H16N4. The number of nitrogens with zero attached hydrogens (tertiary/aromatic N) is 2. The Morgan fingerprint density at radius 3 is 2.76 bits per heavy atom. The van der Waals surface area contributed by atoms with E-state index < -0.39 is 0 Å². The summed E-state index contributed by atoms with van der Waals surface area (Å²) in [6, 6.07) is 16.5. The SMILES string of the molecule is Nc1nc(NCC2Cc3ccccc32)c2ccccc2n1. The van der Waals surface area contributed by atoms with Crippen molar-refractivity contribution >= 4 is 22.7 Å². The zero-order valence-electron chi connectivity index (χ0n) is 11.6. The van der Waals surface area contributed by atoms with E-state index in [0.717, 1.165) is 29.7 Å². The van der Waals surface area contributed by atoms with E-state index in [1.807, 2.05) is 24.3 Å². The molecule has 2 aromatic carbocycles. The van der Waals surface area contributed by atoms with E-state index in [0.29, 0.717) is 11.9 Å². The number of nitrogen functional groups attached to an aromatic ring is 1. The molecule has 3 aromatic rings. The average molecular weight is 276 g/mol. The molecule has 21 heavy (non-hydrogen) atoms. The zero-order valence-corrected chi connectivity index (χ0v) is 11.6. The monoisotopic (exact) mass is 276 g/mol. The summed E-state index contributed by atoms with van der Waals surface area (Å²) in [5, 5.41) is 4.45. The molecule has 0 amide bonds. The van der Waals surface area contributed by atoms with Crippen LogP contribution >= 0.6 is 0 Å². The number of benzene rings is 2. The molecule has 0 bridgehead atoms. The predicted octanol–water partition coefficient (Wildman–Crippen LogP) is 2.96. The van der Waals surface area contributed by atoms with Crippen molar-refractivity contribution in [3.05, 3.63) is 59.7 Å². The number of nitrogens with two attached hydrogens (primary N) is 1. The van der Waals surface area contributed by atoms with Crippen LogP contribution < -0.4 is 11.1 Å². The second-order valence-corrected chi connectivity index (χ2v) is 5.43. The van der Waals surface area contributed by atoms with Gasteiger partial charge in [-0.25, -0.2) is 4.98 Å². The highest BCUT2D eigenvalue weighted by Crippen LogP contribution is 2.35. The first-order valence-electron chi connectivity index (χ1n) is 7.15. The van der Waals surface area contributed by atoms with E-state index in [1.54, 1.807) is 0 Å². The molecule has 4 heteroatoms. The maximum absolute atomic E-state index is 5.79. The van der Waals surface area contributed by atoms with Gasteiger partial charge in [-0.15, -0.1) is 0 Å². The summed E-state index contributed by atoms with van der Waals surface area (Å²) in [7, 11) is 0. The number of para-hydroxylation sites is 1. The first kappa shape index (κ1) is 12.1. The molecule has 1 heterocycles. The van der Waals surface area contributed by atoms with Crippen molar-refractivity contribution in [2.75, 3.05) is 17.6 Å². The molecule has 0 fully saturated rings. The molecule has 1 atom stereocenters. The Bertz CT molecular complexity index is 813. The third kappa shape index (κ3) is 2.09. The zero-order chi connectivity index (χ0) is 14.2. The van der Waals surface area contributed by atoms with Crippen molar-refractivity contribution < 1.29 is 0 Å². The van der Waals surface area contributed by atoms with Crippen LogP contribution in [-0.2, 0) is 6.42 Å². The minimum absolute atomic E-state index is 0.310. The summed E-state index contributed by atoms with van der Waals surface area (Å²) in [6.45, 7) is 0.872. The number of anilines is 2. The van der Waals surface area contributed by atoms with E-state index >= 15 is 0 Å². The fourth-order valence-corrected chi connectivity index (χ4v) is 2.99. The largest absolute Gasteiger partial charge is 0.369 e. The van der Waals surface area contributed by atoms with Crippen LogP contribution in [0.4, 0.5) is 11.8 Å². The Balaban J connectivity index is 1.59. The summed E-state index contributed by atoms with van der Waals surface area (Å²) in [5.74, 6) is 1.68. The summed E-state index contributed by atoms with van der Waals surface area (Å²) in [6.07, 6.45) is 1.13. The van der Waals surface area contributed by atoms with Crippen LogP contribution in [0.25, 0.3) is 10.9 Å². The standard InChI is InChI=1S/C17H16N4/c18-17-20-15-8-4-3-7-14(15)16(21-17)19-10-12-9-11-5-1-2-6-13(11)12/h1-8,12H,9-10H2,(H3,18,19,20,21). The molecule has 1 aromatic heterocycles. The van der Waals surface area contributed by atoms with Gasteiger partial charge in [0.25, 0.3) is 0 Å². The van der Waals surface area contributed by atoms with Gasteiger partial charge in [0.05, 0.1) is 5.52 Å². The number of rotatable bonds is 3. The van der Waals surface area contributed by atoms with E-state index in [9.17, 15) is 0 Å². The highest BCUT2D eigenvalue weighted by atomic mass is 15.1. The molecule has 4 rings (SSSR count). The molecule has 3 N–H and O–H groups in total. The third-order valence-electron chi connectivity index (χ3n) is 4.10. The van der Waals surface area contributed by atoms with Crippen LogP contribution in [0.2, 0.25) is 0 Å². The lowest BCUT2D eigenvalue weighted by atomic mass is 9.77. The lowest BCUT2D eigenvalue weighted by molar-refractivity contribution is 0.635. The number of nitrogens with one attached hydrogen (secondary N) is 1. The minimum Gasteiger partial charge on any atom is -0.369 e. The van der Waals surface area contributed by atoms with Crippen molar-refractivity contribution in [2.45, 2.75) is 12.3 Å². The van der Waals surface area contributed by atoms with Crippen molar-refractivity contribution in [3.63, 3.8) is 0 Å². The molecule has 0 saturated heterocycles. The fraction of sp³-hybridized carbons (Fsp3) is 0.176. The molecule has 0 spiro atoms. The third-order valence-corrected chi connectivity index (χ3v) is 4.10. The Hall–Kier alpha value is -2.62. The van der Waals surface area contributed by atoms with Gasteiger partial charge >= 0.3 is 0 Å². The van der Waals surface area contributed by atoms with E-state index in [1.165, 1.54) is 11.1 Å². The molecule has 1 aliphatic carbocycles. The first-order chi connectivity index (χ1) is 10.3. The molecule has 0 aliphatic heterocycles. The van der Waals surface area contributed by atoms with Gasteiger partial charge in [0.1, 0.15) is 5.82 Å². The van der Waals surface area contributed by atoms with Gasteiger partial charge in [-0.3, -0.25) is 0 Å². The van der Waals surface area contributed by atoms with E-state index in [4.69, 9.17) is 5.73 Å². The van der Waals surface area contributed by atoms with Crippen LogP contribution in [0.15, 0.2) is 48.5 Å². The second kappa shape index (κ2) is 4.74. The van der Waals surface area contributed by atoms with E-state index in [2.05, 4.69) is 39.6 Å². The Morgan fingerprint density at radius 1 is 1.05 bits per heavy atom.